The van der Waals surface area contributed by atoms with Crippen molar-refractivity contribution in [3.63, 3.8) is 0 Å². The van der Waals surface area contributed by atoms with Crippen LogP contribution in [0.5, 0.6) is 5.75 Å². The van der Waals surface area contributed by atoms with Crippen molar-refractivity contribution in [2.45, 2.75) is 39.2 Å². The molecule has 0 spiro atoms. The molecule has 0 saturated carbocycles. The van der Waals surface area contributed by atoms with Gasteiger partial charge in [0.25, 0.3) is 0 Å². The van der Waals surface area contributed by atoms with Gasteiger partial charge in [0, 0.05) is 25.3 Å². The normalized spacial score (nSPS) is 18.6. The summed E-state index contributed by atoms with van der Waals surface area (Å²) in [6, 6.07) is 6.81. The summed E-state index contributed by atoms with van der Waals surface area (Å²) in [6.07, 6.45) is 3.73. The van der Waals surface area contributed by atoms with Gasteiger partial charge in [0.2, 0.25) is 0 Å². The Kier molecular flexibility index (Phi) is 6.71. The lowest BCUT2D eigenvalue weighted by Crippen LogP contribution is -2.26. The molecule has 1 aliphatic rings. The van der Waals surface area contributed by atoms with E-state index in [0.29, 0.717) is 6.04 Å². The number of hydrogen-bond donors (Lipinski definition) is 1. The van der Waals surface area contributed by atoms with E-state index in [1.54, 1.807) is 7.11 Å². The Labute approximate surface area is 118 Å². The summed E-state index contributed by atoms with van der Waals surface area (Å²) in [5.41, 5.74) is 2.68. The minimum atomic E-state index is 0.433. The third-order valence-corrected chi connectivity index (χ3v) is 3.61. The second kappa shape index (κ2) is 8.05. The van der Waals surface area contributed by atoms with Crippen molar-refractivity contribution in [3.05, 3.63) is 23.8 Å². The number of fused-ring (bicyclic) bond motifs is 1. The van der Waals surface area contributed by atoms with Crippen molar-refractivity contribution in [2.24, 2.45) is 0 Å². The number of nitrogens with zero attached hydrogens (tertiary/aromatic N) is 1. The Morgan fingerprint density at radius 3 is 2.63 bits per heavy atom. The van der Waals surface area contributed by atoms with E-state index in [4.69, 9.17) is 4.74 Å². The van der Waals surface area contributed by atoms with Gasteiger partial charge >= 0.3 is 0 Å². The average Bonchev–Trinajstić information content (AvgIpc) is 2.47. The van der Waals surface area contributed by atoms with E-state index in [2.05, 4.69) is 29.4 Å². The largest absolute Gasteiger partial charge is 0.497 e. The van der Waals surface area contributed by atoms with Crippen LogP contribution in [0.15, 0.2) is 18.2 Å². The van der Waals surface area contributed by atoms with E-state index < -0.39 is 0 Å². The molecule has 1 heterocycles. The van der Waals surface area contributed by atoms with Crippen molar-refractivity contribution >= 4 is 5.69 Å². The van der Waals surface area contributed by atoms with Gasteiger partial charge in [0.1, 0.15) is 5.75 Å². The minimum absolute atomic E-state index is 0.433. The van der Waals surface area contributed by atoms with Crippen LogP contribution in [0.2, 0.25) is 0 Å². The van der Waals surface area contributed by atoms with Gasteiger partial charge in [-0.25, -0.2) is 0 Å². The second-order valence-electron chi connectivity index (χ2n) is 4.68. The Balaban J connectivity index is 0.000000861. The molecule has 1 aromatic carbocycles. The second-order valence-corrected chi connectivity index (χ2v) is 4.68. The van der Waals surface area contributed by atoms with Crippen LogP contribution < -0.4 is 15.0 Å². The van der Waals surface area contributed by atoms with E-state index in [1.165, 1.54) is 30.5 Å². The summed E-state index contributed by atoms with van der Waals surface area (Å²) in [5.74, 6) is 0.943. The van der Waals surface area contributed by atoms with Crippen molar-refractivity contribution in [3.8, 4) is 5.75 Å². The van der Waals surface area contributed by atoms with E-state index in [0.717, 1.165) is 12.3 Å². The first-order chi connectivity index (χ1) is 9.26. The Morgan fingerprint density at radius 1 is 1.26 bits per heavy atom. The molecule has 1 atom stereocenters. The number of benzene rings is 1. The molecular weight excluding hydrogens is 236 g/mol. The highest BCUT2D eigenvalue weighted by Crippen LogP contribution is 2.33. The van der Waals surface area contributed by atoms with Gasteiger partial charge in [-0.3, -0.25) is 0 Å². The molecule has 0 amide bonds. The number of anilines is 1. The first-order valence-electron chi connectivity index (χ1n) is 7.32. The molecule has 0 radical (unpaired) electrons. The summed E-state index contributed by atoms with van der Waals surface area (Å²) >= 11 is 0. The van der Waals surface area contributed by atoms with Gasteiger partial charge in [-0.2, -0.15) is 0 Å². The molecule has 3 heteroatoms. The van der Waals surface area contributed by atoms with Crippen LogP contribution >= 0.6 is 0 Å². The maximum Gasteiger partial charge on any atom is 0.119 e. The molecule has 1 N–H and O–H groups in total. The fourth-order valence-corrected chi connectivity index (χ4v) is 2.56. The first-order valence-corrected chi connectivity index (χ1v) is 7.32. The van der Waals surface area contributed by atoms with Crippen LogP contribution in [-0.2, 0) is 0 Å². The molecule has 0 saturated heterocycles. The molecule has 0 aliphatic carbocycles. The quantitative estimate of drug-likeness (QED) is 0.883. The number of methoxy groups -OCH3 is 1. The van der Waals surface area contributed by atoms with E-state index in [9.17, 15) is 0 Å². The van der Waals surface area contributed by atoms with Gasteiger partial charge < -0.3 is 15.0 Å². The van der Waals surface area contributed by atoms with Crippen LogP contribution in [0.3, 0.4) is 0 Å². The number of ether oxygens (including phenoxy) is 1. The molecule has 1 aromatic rings. The fraction of sp³-hybridized carbons (Fsp3) is 0.625. The Bertz CT molecular complexity index is 379. The summed E-state index contributed by atoms with van der Waals surface area (Å²) in [6.45, 7) is 5.13. The Hall–Kier alpha value is -1.22. The lowest BCUT2D eigenvalue weighted by Gasteiger charge is -2.30. The third kappa shape index (κ3) is 3.87. The van der Waals surface area contributed by atoms with Gasteiger partial charge in [-0.05, 0) is 50.1 Å². The standard InChI is InChI=1S/C14H22N2O.C2H6/c1-15-13-6-4-5-9-16(2)14-8-7-11(17-3)10-12(13)14;1-2/h7-8,10,13,15H,4-6,9H2,1-3H3;1-2H3. The number of rotatable bonds is 2. The number of hydrogen-bond acceptors (Lipinski definition) is 3. The van der Waals surface area contributed by atoms with Gasteiger partial charge in [0.15, 0.2) is 0 Å². The molecule has 1 aliphatic heterocycles. The topological polar surface area (TPSA) is 24.5 Å². The summed E-state index contributed by atoms with van der Waals surface area (Å²) in [4.78, 5) is 2.35. The first kappa shape index (κ1) is 15.8. The summed E-state index contributed by atoms with van der Waals surface area (Å²) in [7, 11) is 5.93. The molecule has 0 aromatic heterocycles. The van der Waals surface area contributed by atoms with Crippen LogP contribution in [0.25, 0.3) is 0 Å². The van der Waals surface area contributed by atoms with Crippen LogP contribution in [0.1, 0.15) is 44.7 Å². The molecule has 19 heavy (non-hydrogen) atoms. The van der Waals surface area contributed by atoms with Crippen LogP contribution in [0, 0.1) is 0 Å². The van der Waals surface area contributed by atoms with Crippen LogP contribution in [0.4, 0.5) is 5.69 Å². The van der Waals surface area contributed by atoms with E-state index >= 15 is 0 Å². The highest BCUT2D eigenvalue weighted by Gasteiger charge is 2.19. The molecule has 108 valence electrons. The molecular formula is C16H28N2O. The number of nitrogens with one attached hydrogen (secondary N) is 1. The zero-order valence-electron chi connectivity index (χ0n) is 13.0. The molecule has 0 bridgehead atoms. The summed E-state index contributed by atoms with van der Waals surface area (Å²) in [5, 5.41) is 3.42. The summed E-state index contributed by atoms with van der Waals surface area (Å²) < 4.78 is 5.33. The maximum atomic E-state index is 5.33. The zero-order valence-corrected chi connectivity index (χ0v) is 13.0. The Morgan fingerprint density at radius 2 is 2.00 bits per heavy atom. The maximum absolute atomic E-state index is 5.33. The van der Waals surface area contributed by atoms with Crippen LogP contribution in [-0.4, -0.2) is 27.7 Å². The average molecular weight is 264 g/mol. The van der Waals surface area contributed by atoms with Crippen molar-refractivity contribution in [1.29, 1.82) is 0 Å². The molecule has 1 unspecified atom stereocenters. The smallest absolute Gasteiger partial charge is 0.119 e. The molecule has 0 fully saturated rings. The monoisotopic (exact) mass is 264 g/mol. The highest BCUT2D eigenvalue weighted by molar-refractivity contribution is 5.57. The van der Waals surface area contributed by atoms with Crippen molar-refractivity contribution in [2.75, 3.05) is 32.6 Å². The van der Waals surface area contributed by atoms with E-state index in [1.807, 2.05) is 27.0 Å². The minimum Gasteiger partial charge on any atom is -0.497 e. The fourth-order valence-electron chi connectivity index (χ4n) is 2.56. The SMILES string of the molecule is CC.CNC1CCCCN(C)c2ccc(OC)cc21. The van der Waals surface area contributed by atoms with Gasteiger partial charge in [-0.1, -0.05) is 13.8 Å². The molecule has 2 rings (SSSR count). The zero-order chi connectivity index (χ0) is 14.3. The van der Waals surface area contributed by atoms with Crippen molar-refractivity contribution in [1.82, 2.24) is 5.32 Å². The lowest BCUT2D eigenvalue weighted by molar-refractivity contribution is 0.412. The molecule has 3 nitrogen and oxygen atoms in total. The predicted molar refractivity (Wildman–Crippen MR) is 83.3 cm³/mol. The lowest BCUT2D eigenvalue weighted by atomic mass is 9.96. The predicted octanol–water partition coefficient (Wildman–Crippen LogP) is 3.60. The van der Waals surface area contributed by atoms with Gasteiger partial charge in [-0.15, -0.1) is 0 Å². The van der Waals surface area contributed by atoms with Crippen molar-refractivity contribution < 1.29 is 4.74 Å². The highest BCUT2D eigenvalue weighted by atomic mass is 16.5. The van der Waals surface area contributed by atoms with Gasteiger partial charge in [0.05, 0.1) is 7.11 Å². The van der Waals surface area contributed by atoms with E-state index in [-0.39, 0.29) is 0 Å². The third-order valence-electron chi connectivity index (χ3n) is 3.61.